The molecular formula is C19H28N2. The molecular weight excluding hydrogens is 256 g/mol. The Labute approximate surface area is 129 Å². The lowest BCUT2D eigenvalue weighted by Crippen LogP contribution is -2.19. The topological polar surface area (TPSA) is 17.0 Å². The summed E-state index contributed by atoms with van der Waals surface area (Å²) in [7, 11) is 0. The minimum Gasteiger partial charge on any atom is -0.318 e. The van der Waals surface area contributed by atoms with E-state index in [0.29, 0.717) is 5.92 Å². The summed E-state index contributed by atoms with van der Waals surface area (Å²) in [6.07, 6.45) is 0. The van der Waals surface area contributed by atoms with Gasteiger partial charge in [-0.15, -0.1) is 0 Å². The van der Waals surface area contributed by atoms with E-state index in [9.17, 15) is 0 Å². The molecule has 2 heteroatoms. The first kappa shape index (κ1) is 15.8. The molecule has 0 aliphatic carbocycles. The highest BCUT2D eigenvalue weighted by Gasteiger charge is 2.11. The average Bonchev–Trinajstić information content (AvgIpc) is 2.62. The maximum atomic E-state index is 3.54. The van der Waals surface area contributed by atoms with Crippen LogP contribution in [0.1, 0.15) is 41.9 Å². The highest BCUT2D eigenvalue weighted by atomic mass is 15.0. The van der Waals surface area contributed by atoms with Crippen molar-refractivity contribution in [3.05, 3.63) is 52.3 Å². The van der Waals surface area contributed by atoms with Crippen LogP contribution in [0.25, 0.3) is 5.69 Å². The van der Waals surface area contributed by atoms with Crippen LogP contribution in [0.5, 0.6) is 0 Å². The van der Waals surface area contributed by atoms with Crippen molar-refractivity contribution in [2.75, 3.05) is 6.54 Å². The molecule has 1 aromatic carbocycles. The van der Waals surface area contributed by atoms with Gasteiger partial charge in [0.2, 0.25) is 0 Å². The van der Waals surface area contributed by atoms with Crippen molar-refractivity contribution in [3.63, 3.8) is 0 Å². The van der Waals surface area contributed by atoms with E-state index in [-0.39, 0.29) is 0 Å². The summed E-state index contributed by atoms with van der Waals surface area (Å²) < 4.78 is 2.37. The number of nitrogens with one attached hydrogen (secondary N) is 1. The summed E-state index contributed by atoms with van der Waals surface area (Å²) in [5.41, 5.74) is 7.95. The molecule has 2 aromatic rings. The molecule has 2 nitrogen and oxygen atoms in total. The summed E-state index contributed by atoms with van der Waals surface area (Å²) in [5.74, 6) is 0.688. The predicted molar refractivity (Wildman–Crippen MR) is 91.3 cm³/mol. The van der Waals surface area contributed by atoms with Gasteiger partial charge in [0, 0.05) is 23.6 Å². The van der Waals surface area contributed by atoms with E-state index < -0.39 is 0 Å². The van der Waals surface area contributed by atoms with Gasteiger partial charge in [-0.1, -0.05) is 19.9 Å². The molecule has 0 saturated heterocycles. The number of hydrogen-bond acceptors (Lipinski definition) is 1. The normalized spacial score (nSPS) is 11.4. The summed E-state index contributed by atoms with van der Waals surface area (Å²) in [6.45, 7) is 15.2. The third-order valence-corrected chi connectivity index (χ3v) is 3.87. The van der Waals surface area contributed by atoms with E-state index in [1.807, 2.05) is 0 Å². The van der Waals surface area contributed by atoms with Gasteiger partial charge in [0.1, 0.15) is 0 Å². The van der Waals surface area contributed by atoms with Crippen molar-refractivity contribution < 1.29 is 0 Å². The minimum atomic E-state index is 0.688. The standard InChI is InChI=1S/C19H28N2/c1-13(2)11-20-12-18-10-16(5)21(17(18)6)19-8-14(3)7-15(4)9-19/h7-10,13,20H,11-12H2,1-6H3. The molecule has 0 amide bonds. The monoisotopic (exact) mass is 284 g/mol. The molecule has 0 aliphatic rings. The second-order valence-electron chi connectivity index (χ2n) is 6.60. The van der Waals surface area contributed by atoms with Crippen LogP contribution in [0.3, 0.4) is 0 Å². The van der Waals surface area contributed by atoms with E-state index in [1.165, 1.54) is 33.8 Å². The Morgan fingerprint density at radius 2 is 1.57 bits per heavy atom. The Morgan fingerprint density at radius 3 is 2.14 bits per heavy atom. The van der Waals surface area contributed by atoms with Gasteiger partial charge in [-0.25, -0.2) is 0 Å². The molecule has 21 heavy (non-hydrogen) atoms. The molecule has 0 bridgehead atoms. The van der Waals surface area contributed by atoms with Gasteiger partial charge in [0.05, 0.1) is 0 Å². The Morgan fingerprint density at radius 1 is 0.952 bits per heavy atom. The fourth-order valence-electron chi connectivity index (χ4n) is 2.98. The van der Waals surface area contributed by atoms with Gasteiger partial charge < -0.3 is 9.88 Å². The summed E-state index contributed by atoms with van der Waals surface area (Å²) in [5, 5.41) is 3.54. The molecule has 2 rings (SSSR count). The zero-order valence-electron chi connectivity index (χ0n) is 14.2. The van der Waals surface area contributed by atoms with Crippen LogP contribution in [-0.4, -0.2) is 11.1 Å². The van der Waals surface area contributed by atoms with E-state index in [2.05, 4.69) is 75.7 Å². The van der Waals surface area contributed by atoms with Crippen molar-refractivity contribution in [3.8, 4) is 5.69 Å². The van der Waals surface area contributed by atoms with Crippen LogP contribution in [0.2, 0.25) is 0 Å². The molecule has 0 aliphatic heterocycles. The summed E-state index contributed by atoms with van der Waals surface area (Å²) in [6, 6.07) is 9.06. The second-order valence-corrected chi connectivity index (χ2v) is 6.60. The van der Waals surface area contributed by atoms with Crippen molar-refractivity contribution >= 4 is 0 Å². The van der Waals surface area contributed by atoms with Gasteiger partial charge >= 0.3 is 0 Å². The van der Waals surface area contributed by atoms with E-state index >= 15 is 0 Å². The van der Waals surface area contributed by atoms with Gasteiger partial charge in [-0.3, -0.25) is 0 Å². The van der Waals surface area contributed by atoms with Crippen LogP contribution < -0.4 is 5.32 Å². The smallest absolute Gasteiger partial charge is 0.0460 e. The predicted octanol–water partition coefficient (Wildman–Crippen LogP) is 4.46. The molecule has 0 saturated carbocycles. The third-order valence-electron chi connectivity index (χ3n) is 3.87. The van der Waals surface area contributed by atoms with Gasteiger partial charge in [-0.2, -0.15) is 0 Å². The lowest BCUT2D eigenvalue weighted by Gasteiger charge is -2.12. The zero-order valence-corrected chi connectivity index (χ0v) is 14.2. The number of benzene rings is 1. The molecule has 114 valence electrons. The molecule has 0 spiro atoms. The lowest BCUT2D eigenvalue weighted by atomic mass is 10.1. The number of aryl methyl sites for hydroxylation is 3. The highest BCUT2D eigenvalue weighted by molar-refractivity contribution is 5.45. The Kier molecular flexibility index (Phi) is 4.89. The molecule has 0 radical (unpaired) electrons. The quantitative estimate of drug-likeness (QED) is 0.858. The first-order valence-electron chi connectivity index (χ1n) is 7.85. The highest BCUT2D eigenvalue weighted by Crippen LogP contribution is 2.22. The fraction of sp³-hybridized carbons (Fsp3) is 0.474. The lowest BCUT2D eigenvalue weighted by molar-refractivity contribution is 0.551. The Hall–Kier alpha value is -1.54. The Bertz CT molecular complexity index is 600. The van der Waals surface area contributed by atoms with Crippen LogP contribution >= 0.6 is 0 Å². The molecule has 0 atom stereocenters. The first-order chi connectivity index (χ1) is 9.88. The van der Waals surface area contributed by atoms with Gasteiger partial charge in [-0.05, 0) is 75.0 Å². The van der Waals surface area contributed by atoms with Crippen LogP contribution in [-0.2, 0) is 6.54 Å². The number of aromatic nitrogens is 1. The van der Waals surface area contributed by atoms with Gasteiger partial charge in [0.15, 0.2) is 0 Å². The number of nitrogens with zero attached hydrogens (tertiary/aromatic N) is 1. The zero-order chi connectivity index (χ0) is 15.6. The number of rotatable bonds is 5. The maximum Gasteiger partial charge on any atom is 0.0460 e. The van der Waals surface area contributed by atoms with Crippen LogP contribution in [0.15, 0.2) is 24.3 Å². The van der Waals surface area contributed by atoms with Crippen molar-refractivity contribution in [1.29, 1.82) is 0 Å². The summed E-state index contributed by atoms with van der Waals surface area (Å²) >= 11 is 0. The van der Waals surface area contributed by atoms with E-state index in [1.54, 1.807) is 0 Å². The van der Waals surface area contributed by atoms with Crippen LogP contribution in [0.4, 0.5) is 0 Å². The first-order valence-corrected chi connectivity index (χ1v) is 7.85. The average molecular weight is 284 g/mol. The molecule has 1 N–H and O–H groups in total. The molecule has 1 aromatic heterocycles. The SMILES string of the molecule is Cc1cc(C)cc(-n2c(C)cc(CNCC(C)C)c2C)c1. The summed E-state index contributed by atoms with van der Waals surface area (Å²) in [4.78, 5) is 0. The largest absolute Gasteiger partial charge is 0.318 e. The van der Waals surface area contributed by atoms with Crippen molar-refractivity contribution in [2.45, 2.75) is 48.1 Å². The molecule has 0 fully saturated rings. The third kappa shape index (κ3) is 3.76. The van der Waals surface area contributed by atoms with Crippen LogP contribution in [0, 0.1) is 33.6 Å². The minimum absolute atomic E-state index is 0.688. The van der Waals surface area contributed by atoms with E-state index in [0.717, 1.165) is 13.1 Å². The Balaban J connectivity index is 2.30. The van der Waals surface area contributed by atoms with Crippen molar-refractivity contribution in [2.24, 2.45) is 5.92 Å². The second kappa shape index (κ2) is 6.48. The molecule has 1 heterocycles. The van der Waals surface area contributed by atoms with E-state index in [4.69, 9.17) is 0 Å². The number of hydrogen-bond donors (Lipinski definition) is 1. The maximum absolute atomic E-state index is 3.54. The van der Waals surface area contributed by atoms with Crippen molar-refractivity contribution in [1.82, 2.24) is 9.88 Å². The van der Waals surface area contributed by atoms with Gasteiger partial charge in [0.25, 0.3) is 0 Å². The fourth-order valence-corrected chi connectivity index (χ4v) is 2.98. The molecule has 0 unspecified atom stereocenters.